The van der Waals surface area contributed by atoms with Crippen LogP contribution in [0.3, 0.4) is 0 Å². The average Bonchev–Trinajstić information content (AvgIpc) is 2.71. The molecule has 2 nitrogen and oxygen atoms in total. The number of hydrogen-bond donors (Lipinski definition) is 1. The number of rotatable bonds is 4. The molecular formula is C17H27IO2Si. The first kappa shape index (κ1) is 17.4. The first-order chi connectivity index (χ1) is 9.74. The molecule has 0 aromatic heterocycles. The smallest absolute Gasteiger partial charge is 0.101 e. The van der Waals surface area contributed by atoms with E-state index in [2.05, 4.69) is 86.8 Å². The van der Waals surface area contributed by atoms with Gasteiger partial charge >= 0.3 is 0 Å². The van der Waals surface area contributed by atoms with E-state index >= 15 is 0 Å². The van der Waals surface area contributed by atoms with Crippen molar-refractivity contribution < 1.29 is 9.84 Å². The summed E-state index contributed by atoms with van der Waals surface area (Å²) in [6.07, 6.45) is 0.645. The molecule has 4 atom stereocenters. The Kier molecular flexibility index (Phi) is 4.94. The van der Waals surface area contributed by atoms with Crippen LogP contribution in [0.1, 0.15) is 27.2 Å². The fourth-order valence-electron chi connectivity index (χ4n) is 3.84. The van der Waals surface area contributed by atoms with E-state index in [4.69, 9.17) is 4.74 Å². The highest BCUT2D eigenvalue weighted by Crippen LogP contribution is 2.56. The highest BCUT2D eigenvalue weighted by atomic mass is 127. The van der Waals surface area contributed by atoms with Crippen molar-refractivity contribution in [3.05, 3.63) is 30.3 Å². The maximum Gasteiger partial charge on any atom is 0.101 e. The van der Waals surface area contributed by atoms with Crippen LogP contribution >= 0.6 is 22.6 Å². The summed E-state index contributed by atoms with van der Waals surface area (Å²) in [5, 5.41) is 12.4. The summed E-state index contributed by atoms with van der Waals surface area (Å²) in [5.74, 6) is 0. The average molecular weight is 418 g/mol. The van der Waals surface area contributed by atoms with E-state index in [9.17, 15) is 5.11 Å². The molecule has 1 N–H and O–H groups in total. The third-order valence-electron chi connectivity index (χ3n) is 5.71. The van der Waals surface area contributed by atoms with Crippen LogP contribution in [0.15, 0.2) is 30.3 Å². The van der Waals surface area contributed by atoms with Crippen LogP contribution in [0.4, 0.5) is 0 Å². The molecule has 1 aromatic rings. The fourth-order valence-corrected chi connectivity index (χ4v) is 8.15. The van der Waals surface area contributed by atoms with Crippen LogP contribution in [-0.2, 0) is 4.74 Å². The van der Waals surface area contributed by atoms with E-state index in [1.54, 1.807) is 0 Å². The zero-order chi connectivity index (χ0) is 15.9. The molecule has 1 heterocycles. The molecule has 1 saturated heterocycles. The van der Waals surface area contributed by atoms with Crippen molar-refractivity contribution in [1.82, 2.24) is 0 Å². The Labute approximate surface area is 143 Å². The van der Waals surface area contributed by atoms with Gasteiger partial charge in [0, 0.05) is 9.47 Å². The zero-order valence-electron chi connectivity index (χ0n) is 13.7. The first-order valence-corrected chi connectivity index (χ1v) is 12.2. The molecule has 1 fully saturated rings. The van der Waals surface area contributed by atoms with Crippen LogP contribution in [0.5, 0.6) is 0 Å². The Morgan fingerprint density at radius 1 is 1.24 bits per heavy atom. The molecule has 0 aliphatic carbocycles. The Bertz CT molecular complexity index is 493. The third kappa shape index (κ3) is 2.52. The second-order valence-electron chi connectivity index (χ2n) is 7.14. The number of aliphatic hydroxyl groups excluding tert-OH is 1. The monoisotopic (exact) mass is 418 g/mol. The Morgan fingerprint density at radius 3 is 2.29 bits per heavy atom. The predicted octanol–water partition coefficient (Wildman–Crippen LogP) is 3.73. The van der Waals surface area contributed by atoms with Gasteiger partial charge in [0.2, 0.25) is 0 Å². The van der Waals surface area contributed by atoms with E-state index in [0.29, 0.717) is 0 Å². The maximum absolute atomic E-state index is 11.2. The van der Waals surface area contributed by atoms with Gasteiger partial charge in [0.15, 0.2) is 0 Å². The lowest BCUT2D eigenvalue weighted by Crippen LogP contribution is -2.60. The van der Waals surface area contributed by atoms with Gasteiger partial charge in [-0.1, -0.05) is 85.1 Å². The lowest BCUT2D eigenvalue weighted by molar-refractivity contribution is -0.0510. The second kappa shape index (κ2) is 5.94. The second-order valence-corrected chi connectivity index (χ2v) is 12.8. The molecule has 4 heteroatoms. The Balaban J connectivity index is 2.53. The van der Waals surface area contributed by atoms with Gasteiger partial charge in [0.25, 0.3) is 0 Å². The molecule has 0 radical (unpaired) electrons. The highest BCUT2D eigenvalue weighted by Gasteiger charge is 2.64. The topological polar surface area (TPSA) is 29.5 Å². The summed E-state index contributed by atoms with van der Waals surface area (Å²) in [7, 11) is -1.90. The number of alkyl halides is 1. The summed E-state index contributed by atoms with van der Waals surface area (Å²) < 4.78 is 7.18. The Morgan fingerprint density at radius 2 is 1.81 bits per heavy atom. The van der Waals surface area contributed by atoms with Crippen molar-refractivity contribution >= 4 is 35.9 Å². The van der Waals surface area contributed by atoms with Gasteiger partial charge in [-0.2, -0.15) is 0 Å². The molecular weight excluding hydrogens is 391 g/mol. The molecule has 0 unspecified atom stereocenters. The number of halogens is 1. The summed E-state index contributed by atoms with van der Waals surface area (Å²) >= 11 is 2.34. The minimum absolute atomic E-state index is 0.120. The van der Waals surface area contributed by atoms with Gasteiger partial charge < -0.3 is 9.84 Å². The molecule has 1 aliphatic rings. The van der Waals surface area contributed by atoms with Crippen molar-refractivity contribution in [2.45, 2.75) is 63.1 Å². The van der Waals surface area contributed by atoms with Crippen LogP contribution in [0.2, 0.25) is 18.1 Å². The predicted molar refractivity (Wildman–Crippen MR) is 100 cm³/mol. The summed E-state index contributed by atoms with van der Waals surface area (Å²) in [6.45, 7) is 11.2. The molecule has 0 amide bonds. The standard InChI is InChI=1S/C17H27IO2Si/c1-6-14-17(3,15(19)16(2,12-18)20-14)21(4,5)13-10-8-7-9-11-13/h7-11,14-15,19H,6,12H2,1-5H3/t14-,15-,16-,17-/m1/s1. The normalized spacial score (nSPS) is 36.9. The molecule has 21 heavy (non-hydrogen) atoms. The SMILES string of the molecule is CC[C@H]1O[C@](C)(CI)[C@@H](O)[C@]1(C)[Si](C)(C)c1ccccc1. The van der Waals surface area contributed by atoms with Crippen molar-refractivity contribution in [3.63, 3.8) is 0 Å². The van der Waals surface area contributed by atoms with E-state index in [1.165, 1.54) is 5.19 Å². The van der Waals surface area contributed by atoms with Gasteiger partial charge in [-0.05, 0) is 13.3 Å². The Hall–Kier alpha value is 0.0869. The largest absolute Gasteiger partial charge is 0.390 e. The fraction of sp³-hybridized carbons (Fsp3) is 0.647. The third-order valence-corrected chi connectivity index (χ3v) is 12.3. The highest BCUT2D eigenvalue weighted by molar-refractivity contribution is 14.1. The van der Waals surface area contributed by atoms with Crippen molar-refractivity contribution in [2.24, 2.45) is 0 Å². The minimum atomic E-state index is -1.90. The van der Waals surface area contributed by atoms with Gasteiger partial charge in [0.1, 0.15) is 5.60 Å². The molecule has 0 saturated carbocycles. The van der Waals surface area contributed by atoms with Crippen molar-refractivity contribution in [2.75, 3.05) is 4.43 Å². The molecule has 1 aliphatic heterocycles. The van der Waals surface area contributed by atoms with Crippen LogP contribution < -0.4 is 5.19 Å². The molecule has 118 valence electrons. The number of hydrogen-bond acceptors (Lipinski definition) is 2. The van der Waals surface area contributed by atoms with E-state index in [0.717, 1.165) is 10.8 Å². The minimum Gasteiger partial charge on any atom is -0.390 e. The maximum atomic E-state index is 11.2. The first-order valence-electron chi connectivity index (χ1n) is 7.71. The summed E-state index contributed by atoms with van der Waals surface area (Å²) in [6, 6.07) is 10.7. The zero-order valence-corrected chi connectivity index (χ0v) is 16.8. The van der Waals surface area contributed by atoms with Crippen LogP contribution in [-0.4, -0.2) is 35.4 Å². The number of aliphatic hydroxyl groups is 1. The van der Waals surface area contributed by atoms with E-state index in [-0.39, 0.29) is 11.1 Å². The van der Waals surface area contributed by atoms with E-state index in [1.807, 2.05) is 0 Å². The number of benzene rings is 1. The lowest BCUT2D eigenvalue weighted by atomic mass is 9.90. The van der Waals surface area contributed by atoms with Crippen LogP contribution in [0.25, 0.3) is 0 Å². The quantitative estimate of drug-likeness (QED) is 0.459. The lowest BCUT2D eigenvalue weighted by Gasteiger charge is -2.46. The number of ether oxygens (including phenoxy) is 1. The molecule has 0 bridgehead atoms. The summed E-state index contributed by atoms with van der Waals surface area (Å²) in [4.78, 5) is 0. The van der Waals surface area contributed by atoms with Gasteiger partial charge in [-0.25, -0.2) is 0 Å². The molecule has 1 aromatic carbocycles. The molecule has 0 spiro atoms. The van der Waals surface area contributed by atoms with E-state index < -0.39 is 19.8 Å². The van der Waals surface area contributed by atoms with Crippen LogP contribution in [0, 0.1) is 0 Å². The molecule has 2 rings (SSSR count). The van der Waals surface area contributed by atoms with Crippen molar-refractivity contribution in [3.8, 4) is 0 Å². The van der Waals surface area contributed by atoms with Gasteiger partial charge in [-0.3, -0.25) is 0 Å². The van der Waals surface area contributed by atoms with Gasteiger partial charge in [0.05, 0.1) is 20.3 Å². The van der Waals surface area contributed by atoms with Gasteiger partial charge in [-0.15, -0.1) is 0 Å². The van der Waals surface area contributed by atoms with Crippen molar-refractivity contribution in [1.29, 1.82) is 0 Å². The summed E-state index contributed by atoms with van der Waals surface area (Å²) in [5.41, 5.74) is -0.435.